The van der Waals surface area contributed by atoms with E-state index in [2.05, 4.69) is 38.4 Å². The summed E-state index contributed by atoms with van der Waals surface area (Å²) in [6, 6.07) is 1.98. The molecule has 1 heterocycles. The second kappa shape index (κ2) is 4.62. The number of rotatable bonds is 3. The van der Waals surface area contributed by atoms with Gasteiger partial charge in [0.25, 0.3) is 0 Å². The summed E-state index contributed by atoms with van der Waals surface area (Å²) in [5.41, 5.74) is 1.04. The normalized spacial score (nSPS) is 29.9. The SMILES string of the molecule is Clc1ncc(NCC2CC3C=CC2C3)cc1Br. The molecule has 2 aliphatic carbocycles. The molecule has 0 aliphatic heterocycles. The standard InChI is InChI=1S/C13H14BrClN2/c14-12-5-11(7-17-13(12)15)16-6-10-4-8-1-2-9(10)3-8/h1-2,5,7-10,16H,3-4,6H2. The van der Waals surface area contributed by atoms with Gasteiger partial charge in [0.15, 0.2) is 0 Å². The van der Waals surface area contributed by atoms with Crippen LogP contribution in [0.15, 0.2) is 28.9 Å². The van der Waals surface area contributed by atoms with Gasteiger partial charge in [-0.2, -0.15) is 0 Å². The lowest BCUT2D eigenvalue weighted by Gasteiger charge is -2.19. The molecule has 0 amide bonds. The molecule has 90 valence electrons. The minimum atomic E-state index is 0.512. The number of nitrogens with one attached hydrogen (secondary N) is 1. The van der Waals surface area contributed by atoms with Crippen LogP contribution in [0.4, 0.5) is 5.69 Å². The van der Waals surface area contributed by atoms with Crippen molar-refractivity contribution in [2.75, 3.05) is 11.9 Å². The number of fused-ring (bicyclic) bond motifs is 2. The minimum absolute atomic E-state index is 0.512. The van der Waals surface area contributed by atoms with Gasteiger partial charge in [-0.25, -0.2) is 4.98 Å². The third-order valence-corrected chi connectivity index (χ3v) is 4.91. The molecule has 0 aromatic carbocycles. The molecule has 0 radical (unpaired) electrons. The van der Waals surface area contributed by atoms with E-state index < -0.39 is 0 Å². The number of hydrogen-bond donors (Lipinski definition) is 1. The fourth-order valence-corrected chi connectivity index (χ4v) is 3.35. The Morgan fingerprint density at radius 1 is 1.41 bits per heavy atom. The molecule has 1 saturated carbocycles. The molecule has 3 rings (SSSR count). The Morgan fingerprint density at radius 2 is 2.29 bits per heavy atom. The molecular weight excluding hydrogens is 300 g/mol. The van der Waals surface area contributed by atoms with Crippen LogP contribution in [-0.2, 0) is 0 Å². The number of hydrogen-bond acceptors (Lipinski definition) is 2. The fourth-order valence-electron chi connectivity index (χ4n) is 2.90. The van der Waals surface area contributed by atoms with E-state index >= 15 is 0 Å². The van der Waals surface area contributed by atoms with Crippen LogP contribution in [0.1, 0.15) is 12.8 Å². The second-order valence-electron chi connectivity index (χ2n) is 4.92. The summed E-state index contributed by atoms with van der Waals surface area (Å²) in [6.45, 7) is 1.03. The Labute approximate surface area is 115 Å². The predicted molar refractivity (Wildman–Crippen MR) is 74.3 cm³/mol. The van der Waals surface area contributed by atoms with Gasteiger partial charge in [0.1, 0.15) is 5.15 Å². The number of aromatic nitrogens is 1. The summed E-state index contributed by atoms with van der Waals surface area (Å²) in [7, 11) is 0. The molecule has 4 heteroatoms. The first kappa shape index (κ1) is 11.5. The van der Waals surface area contributed by atoms with Gasteiger partial charge in [-0.05, 0) is 52.6 Å². The monoisotopic (exact) mass is 312 g/mol. The quantitative estimate of drug-likeness (QED) is 0.670. The topological polar surface area (TPSA) is 24.9 Å². The van der Waals surface area contributed by atoms with Gasteiger partial charge >= 0.3 is 0 Å². The number of anilines is 1. The van der Waals surface area contributed by atoms with Crippen LogP contribution in [0.25, 0.3) is 0 Å². The van der Waals surface area contributed by atoms with E-state index in [1.165, 1.54) is 12.8 Å². The zero-order chi connectivity index (χ0) is 11.8. The van der Waals surface area contributed by atoms with Crippen LogP contribution < -0.4 is 5.32 Å². The highest BCUT2D eigenvalue weighted by Gasteiger charge is 2.35. The highest BCUT2D eigenvalue weighted by atomic mass is 79.9. The lowest BCUT2D eigenvalue weighted by molar-refractivity contribution is 0.472. The van der Waals surface area contributed by atoms with Gasteiger partial charge in [-0.1, -0.05) is 23.8 Å². The highest BCUT2D eigenvalue weighted by Crippen LogP contribution is 2.43. The first-order valence-corrected chi connectivity index (χ1v) is 7.12. The average molecular weight is 314 g/mol. The molecule has 0 saturated heterocycles. The number of halogens is 2. The lowest BCUT2D eigenvalue weighted by Crippen LogP contribution is -2.18. The van der Waals surface area contributed by atoms with Crippen molar-refractivity contribution >= 4 is 33.2 Å². The van der Waals surface area contributed by atoms with E-state index in [1.807, 2.05) is 6.07 Å². The van der Waals surface area contributed by atoms with Crippen LogP contribution in [0.2, 0.25) is 5.15 Å². The van der Waals surface area contributed by atoms with Gasteiger partial charge in [-0.15, -0.1) is 0 Å². The third-order valence-electron chi connectivity index (χ3n) is 3.78. The second-order valence-corrected chi connectivity index (χ2v) is 6.13. The summed E-state index contributed by atoms with van der Waals surface area (Å²) in [5.74, 6) is 2.40. The molecule has 17 heavy (non-hydrogen) atoms. The van der Waals surface area contributed by atoms with E-state index in [0.29, 0.717) is 5.15 Å². The molecule has 2 aliphatic rings. The average Bonchev–Trinajstić information content (AvgIpc) is 2.92. The molecule has 3 atom stereocenters. The van der Waals surface area contributed by atoms with Crippen LogP contribution >= 0.6 is 27.5 Å². The molecule has 2 bridgehead atoms. The maximum atomic E-state index is 5.86. The molecular formula is C13H14BrClN2. The van der Waals surface area contributed by atoms with Crippen molar-refractivity contribution in [3.63, 3.8) is 0 Å². The molecule has 1 N–H and O–H groups in total. The summed E-state index contributed by atoms with van der Waals surface area (Å²) >= 11 is 9.25. The summed E-state index contributed by atoms with van der Waals surface area (Å²) in [4.78, 5) is 4.11. The van der Waals surface area contributed by atoms with Gasteiger partial charge in [0.2, 0.25) is 0 Å². The van der Waals surface area contributed by atoms with Crippen molar-refractivity contribution in [2.45, 2.75) is 12.8 Å². The van der Waals surface area contributed by atoms with Crippen molar-refractivity contribution < 1.29 is 0 Å². The molecule has 2 nitrogen and oxygen atoms in total. The Kier molecular flexibility index (Phi) is 3.14. The minimum Gasteiger partial charge on any atom is -0.383 e. The van der Waals surface area contributed by atoms with Crippen molar-refractivity contribution in [3.05, 3.63) is 34.0 Å². The molecule has 1 aromatic heterocycles. The predicted octanol–water partition coefficient (Wildman–Crippen LogP) is 4.12. The van der Waals surface area contributed by atoms with Crippen molar-refractivity contribution in [2.24, 2.45) is 17.8 Å². The maximum absolute atomic E-state index is 5.86. The summed E-state index contributed by atoms with van der Waals surface area (Å²) in [5, 5.41) is 3.97. The van der Waals surface area contributed by atoms with E-state index in [9.17, 15) is 0 Å². The molecule has 0 spiro atoms. The van der Waals surface area contributed by atoms with Crippen LogP contribution in [0, 0.1) is 17.8 Å². The van der Waals surface area contributed by atoms with Gasteiger partial charge in [0, 0.05) is 6.54 Å². The third kappa shape index (κ3) is 2.36. The Balaban J connectivity index is 1.61. The molecule has 1 fully saturated rings. The largest absolute Gasteiger partial charge is 0.383 e. The zero-order valence-corrected chi connectivity index (χ0v) is 11.7. The smallest absolute Gasteiger partial charge is 0.143 e. The molecule has 1 aromatic rings. The first-order chi connectivity index (χ1) is 8.22. The fraction of sp³-hybridized carbons (Fsp3) is 0.462. The first-order valence-electron chi connectivity index (χ1n) is 5.95. The van der Waals surface area contributed by atoms with E-state index in [-0.39, 0.29) is 0 Å². The van der Waals surface area contributed by atoms with Crippen molar-refractivity contribution in [3.8, 4) is 0 Å². The maximum Gasteiger partial charge on any atom is 0.143 e. The molecule has 3 unspecified atom stereocenters. The van der Waals surface area contributed by atoms with Crippen LogP contribution in [0.3, 0.4) is 0 Å². The van der Waals surface area contributed by atoms with Crippen LogP contribution in [0.5, 0.6) is 0 Å². The van der Waals surface area contributed by atoms with Crippen molar-refractivity contribution in [1.82, 2.24) is 4.98 Å². The number of pyridine rings is 1. The number of allylic oxidation sites excluding steroid dienone is 2. The van der Waals surface area contributed by atoms with Crippen molar-refractivity contribution in [1.29, 1.82) is 0 Å². The number of nitrogens with zero attached hydrogens (tertiary/aromatic N) is 1. The highest BCUT2D eigenvalue weighted by molar-refractivity contribution is 9.10. The summed E-state index contributed by atoms with van der Waals surface area (Å²) in [6.07, 6.45) is 9.24. The lowest BCUT2D eigenvalue weighted by atomic mass is 9.93. The van der Waals surface area contributed by atoms with Gasteiger partial charge in [0.05, 0.1) is 16.4 Å². The van der Waals surface area contributed by atoms with Gasteiger partial charge < -0.3 is 5.32 Å². The Morgan fingerprint density at radius 3 is 2.94 bits per heavy atom. The van der Waals surface area contributed by atoms with E-state index in [0.717, 1.165) is 34.5 Å². The Hall–Kier alpha value is -0.540. The van der Waals surface area contributed by atoms with E-state index in [4.69, 9.17) is 11.6 Å². The van der Waals surface area contributed by atoms with Gasteiger partial charge in [-0.3, -0.25) is 0 Å². The zero-order valence-electron chi connectivity index (χ0n) is 9.37. The van der Waals surface area contributed by atoms with E-state index in [1.54, 1.807) is 6.20 Å². The Bertz CT molecular complexity index is 461. The van der Waals surface area contributed by atoms with Crippen LogP contribution in [-0.4, -0.2) is 11.5 Å². The summed E-state index contributed by atoms with van der Waals surface area (Å²) < 4.78 is 0.844.